The van der Waals surface area contributed by atoms with Crippen molar-refractivity contribution in [2.45, 2.75) is 103 Å². The van der Waals surface area contributed by atoms with E-state index in [1.54, 1.807) is 0 Å². The molecule has 0 aromatic rings. The van der Waals surface area contributed by atoms with E-state index in [0.717, 1.165) is 34.2 Å². The molecule has 1 aliphatic heterocycles. The normalized spacial score (nSPS) is 29.0. The number of thioether (sulfide) groups is 1. The Kier molecular flexibility index (Phi) is 9.41. The first-order valence-corrected chi connectivity index (χ1v) is 10.5. The summed E-state index contributed by atoms with van der Waals surface area (Å²) in [6.07, 6.45) is 11.5. The van der Waals surface area contributed by atoms with Crippen LogP contribution in [0.25, 0.3) is 0 Å². The van der Waals surface area contributed by atoms with Gasteiger partial charge >= 0.3 is 0 Å². The molecule has 0 saturated carbocycles. The molecule has 1 fully saturated rings. The highest BCUT2D eigenvalue weighted by Gasteiger charge is 2.31. The minimum absolute atomic E-state index is 0.868. The molecule has 5 unspecified atom stereocenters. The zero-order chi connectivity index (χ0) is 15.8. The van der Waals surface area contributed by atoms with Crippen LogP contribution in [-0.2, 0) is 0 Å². The van der Waals surface area contributed by atoms with Gasteiger partial charge in [-0.05, 0) is 49.4 Å². The molecule has 0 aromatic carbocycles. The SMILES string of the molecule is CCC(C)CCCC(C)CCC1SC(CC(C)C)CC1C. The zero-order valence-corrected chi connectivity index (χ0v) is 16.3. The van der Waals surface area contributed by atoms with Crippen molar-refractivity contribution in [3.05, 3.63) is 0 Å². The Labute approximate surface area is 139 Å². The lowest BCUT2D eigenvalue weighted by atomic mass is 9.91. The Bertz CT molecular complexity index is 261. The lowest BCUT2D eigenvalue weighted by molar-refractivity contribution is 0.395. The topological polar surface area (TPSA) is 0 Å². The number of rotatable bonds is 10. The second-order valence-electron chi connectivity index (χ2n) is 8.27. The fourth-order valence-electron chi connectivity index (χ4n) is 3.65. The summed E-state index contributed by atoms with van der Waals surface area (Å²) in [4.78, 5) is 0. The van der Waals surface area contributed by atoms with Crippen LogP contribution in [0.2, 0.25) is 0 Å². The molecule has 0 aromatic heterocycles. The van der Waals surface area contributed by atoms with Crippen molar-refractivity contribution < 1.29 is 0 Å². The molecule has 1 heterocycles. The molecule has 0 bridgehead atoms. The lowest BCUT2D eigenvalue weighted by Crippen LogP contribution is -2.09. The van der Waals surface area contributed by atoms with Gasteiger partial charge in [-0.2, -0.15) is 11.8 Å². The Hall–Kier alpha value is 0.350. The summed E-state index contributed by atoms with van der Waals surface area (Å²) < 4.78 is 0. The molecule has 0 N–H and O–H groups in total. The second-order valence-corrected chi connectivity index (χ2v) is 9.81. The Morgan fingerprint density at radius 3 is 2.29 bits per heavy atom. The molecule has 126 valence electrons. The number of hydrogen-bond donors (Lipinski definition) is 0. The van der Waals surface area contributed by atoms with Gasteiger partial charge in [0.05, 0.1) is 0 Å². The average Bonchev–Trinajstić information content (AvgIpc) is 2.75. The van der Waals surface area contributed by atoms with Crippen LogP contribution in [0.1, 0.15) is 92.9 Å². The maximum Gasteiger partial charge on any atom is 0.00759 e. The zero-order valence-electron chi connectivity index (χ0n) is 15.5. The van der Waals surface area contributed by atoms with Gasteiger partial charge in [0.25, 0.3) is 0 Å². The highest BCUT2D eigenvalue weighted by atomic mass is 32.2. The molecule has 0 aliphatic carbocycles. The van der Waals surface area contributed by atoms with E-state index in [0.29, 0.717) is 0 Å². The fraction of sp³-hybridized carbons (Fsp3) is 1.00. The molecule has 1 heteroatoms. The average molecular weight is 313 g/mol. The van der Waals surface area contributed by atoms with E-state index >= 15 is 0 Å². The third-order valence-corrected chi connectivity index (χ3v) is 7.23. The molecule has 5 atom stereocenters. The highest BCUT2D eigenvalue weighted by Crippen LogP contribution is 2.43. The largest absolute Gasteiger partial charge is 0.155 e. The predicted molar refractivity (Wildman–Crippen MR) is 100 cm³/mol. The Morgan fingerprint density at radius 2 is 1.67 bits per heavy atom. The standard InChI is InChI=1S/C20H40S/c1-7-16(4)9-8-10-17(5)11-12-20-18(6)14-19(21-20)13-15(2)3/h15-20H,7-14H2,1-6H3. The first-order chi connectivity index (χ1) is 9.92. The van der Waals surface area contributed by atoms with Gasteiger partial charge in [0.15, 0.2) is 0 Å². The van der Waals surface area contributed by atoms with Crippen molar-refractivity contribution in [2.75, 3.05) is 0 Å². The van der Waals surface area contributed by atoms with Gasteiger partial charge in [-0.25, -0.2) is 0 Å². The summed E-state index contributed by atoms with van der Waals surface area (Å²) in [5, 5.41) is 1.90. The summed E-state index contributed by atoms with van der Waals surface area (Å²) in [6.45, 7) is 14.4. The van der Waals surface area contributed by atoms with E-state index in [1.807, 2.05) is 0 Å². The van der Waals surface area contributed by atoms with E-state index < -0.39 is 0 Å². The van der Waals surface area contributed by atoms with Gasteiger partial charge in [0, 0.05) is 10.5 Å². The first kappa shape index (κ1) is 19.4. The van der Waals surface area contributed by atoms with Gasteiger partial charge in [0.1, 0.15) is 0 Å². The maximum atomic E-state index is 2.49. The van der Waals surface area contributed by atoms with Gasteiger partial charge in [-0.1, -0.05) is 67.2 Å². The quantitative estimate of drug-likeness (QED) is 0.412. The van der Waals surface area contributed by atoms with Crippen molar-refractivity contribution in [3.63, 3.8) is 0 Å². The predicted octanol–water partition coefficient (Wildman–Crippen LogP) is 7.18. The molecule has 1 rings (SSSR count). The van der Waals surface area contributed by atoms with Crippen LogP contribution in [0.15, 0.2) is 0 Å². The summed E-state index contributed by atoms with van der Waals surface area (Å²) in [7, 11) is 0. The van der Waals surface area contributed by atoms with Crippen LogP contribution < -0.4 is 0 Å². The van der Waals surface area contributed by atoms with Gasteiger partial charge < -0.3 is 0 Å². The van der Waals surface area contributed by atoms with Gasteiger partial charge in [-0.3, -0.25) is 0 Å². The van der Waals surface area contributed by atoms with Gasteiger partial charge in [-0.15, -0.1) is 0 Å². The molecule has 0 amide bonds. The molecule has 0 radical (unpaired) electrons. The minimum atomic E-state index is 0.868. The second kappa shape index (κ2) is 10.2. The Morgan fingerprint density at radius 1 is 1.00 bits per heavy atom. The molecular formula is C20H40S. The van der Waals surface area contributed by atoms with E-state index in [9.17, 15) is 0 Å². The molecule has 1 saturated heterocycles. The summed E-state index contributed by atoms with van der Waals surface area (Å²) >= 11 is 2.32. The van der Waals surface area contributed by atoms with Crippen molar-refractivity contribution in [1.29, 1.82) is 0 Å². The smallest absolute Gasteiger partial charge is 0.00759 e. The highest BCUT2D eigenvalue weighted by molar-refractivity contribution is 8.00. The molecule has 1 aliphatic rings. The lowest BCUT2D eigenvalue weighted by Gasteiger charge is -2.18. The summed E-state index contributed by atoms with van der Waals surface area (Å²) in [5.74, 6) is 3.68. The van der Waals surface area contributed by atoms with Crippen LogP contribution in [-0.4, -0.2) is 10.5 Å². The van der Waals surface area contributed by atoms with Crippen molar-refractivity contribution >= 4 is 11.8 Å². The van der Waals surface area contributed by atoms with Crippen LogP contribution in [0.5, 0.6) is 0 Å². The van der Waals surface area contributed by atoms with E-state index in [4.69, 9.17) is 0 Å². The third kappa shape index (κ3) is 7.95. The van der Waals surface area contributed by atoms with Gasteiger partial charge in [0.2, 0.25) is 0 Å². The van der Waals surface area contributed by atoms with Crippen LogP contribution in [0, 0.1) is 23.7 Å². The number of hydrogen-bond acceptors (Lipinski definition) is 1. The van der Waals surface area contributed by atoms with E-state index in [1.165, 1.54) is 51.4 Å². The minimum Gasteiger partial charge on any atom is -0.155 e. The van der Waals surface area contributed by atoms with E-state index in [-0.39, 0.29) is 0 Å². The van der Waals surface area contributed by atoms with Crippen LogP contribution >= 0.6 is 11.8 Å². The first-order valence-electron chi connectivity index (χ1n) is 9.57. The molecule has 0 spiro atoms. The van der Waals surface area contributed by atoms with Crippen molar-refractivity contribution in [2.24, 2.45) is 23.7 Å². The summed E-state index contributed by atoms with van der Waals surface area (Å²) in [5.41, 5.74) is 0. The Balaban J connectivity index is 2.16. The fourth-order valence-corrected chi connectivity index (χ4v) is 5.70. The maximum absolute atomic E-state index is 2.49. The monoisotopic (exact) mass is 312 g/mol. The van der Waals surface area contributed by atoms with Crippen molar-refractivity contribution in [1.82, 2.24) is 0 Å². The summed E-state index contributed by atoms with van der Waals surface area (Å²) in [6, 6.07) is 0. The van der Waals surface area contributed by atoms with Crippen molar-refractivity contribution in [3.8, 4) is 0 Å². The third-order valence-electron chi connectivity index (χ3n) is 5.41. The molecular weight excluding hydrogens is 272 g/mol. The molecule has 21 heavy (non-hydrogen) atoms. The molecule has 0 nitrogen and oxygen atoms in total. The van der Waals surface area contributed by atoms with E-state index in [2.05, 4.69) is 53.3 Å². The van der Waals surface area contributed by atoms with Crippen LogP contribution in [0.4, 0.5) is 0 Å². The van der Waals surface area contributed by atoms with Crippen LogP contribution in [0.3, 0.4) is 0 Å².